The first-order valence-electron chi connectivity index (χ1n) is 8.50. The number of aromatic nitrogens is 1. The second-order valence-corrected chi connectivity index (χ2v) is 6.99. The summed E-state index contributed by atoms with van der Waals surface area (Å²) in [5.41, 5.74) is 0.997. The Bertz CT molecular complexity index is 879. The maximum Gasteiger partial charge on any atom is 0.295 e. The van der Waals surface area contributed by atoms with Crippen LogP contribution in [0, 0.1) is 0 Å². The maximum atomic E-state index is 12.7. The number of carbonyl (C=O) groups excluding carboxylic acids is 2. The first-order valence-corrected chi connectivity index (χ1v) is 8.88. The van der Waals surface area contributed by atoms with Gasteiger partial charge in [0.15, 0.2) is 0 Å². The zero-order valence-electron chi connectivity index (χ0n) is 15.1. The molecule has 140 valence electrons. The predicted molar refractivity (Wildman–Crippen MR) is 103 cm³/mol. The molecule has 6 nitrogen and oxygen atoms in total. The smallest absolute Gasteiger partial charge is 0.295 e. The largest absolute Gasteiger partial charge is 0.507 e. The van der Waals surface area contributed by atoms with Crippen LogP contribution in [0.5, 0.6) is 0 Å². The van der Waals surface area contributed by atoms with Crippen LogP contribution in [0.2, 0.25) is 5.02 Å². The van der Waals surface area contributed by atoms with Gasteiger partial charge < -0.3 is 14.9 Å². The van der Waals surface area contributed by atoms with E-state index in [1.165, 1.54) is 4.90 Å². The van der Waals surface area contributed by atoms with Crippen LogP contribution in [0.4, 0.5) is 0 Å². The second-order valence-electron chi connectivity index (χ2n) is 6.56. The van der Waals surface area contributed by atoms with Gasteiger partial charge in [0.2, 0.25) is 0 Å². The highest BCUT2D eigenvalue weighted by atomic mass is 35.5. The van der Waals surface area contributed by atoms with Gasteiger partial charge in [-0.25, -0.2) is 0 Å². The molecule has 0 aliphatic carbocycles. The number of benzene rings is 1. The number of pyridine rings is 1. The number of likely N-dealkylation sites (tertiary alicyclic amines) is 1. The molecule has 1 aromatic carbocycles. The molecule has 3 rings (SSSR count). The van der Waals surface area contributed by atoms with Crippen molar-refractivity contribution >= 4 is 29.1 Å². The van der Waals surface area contributed by atoms with E-state index in [-0.39, 0.29) is 11.3 Å². The lowest BCUT2D eigenvalue weighted by atomic mass is 9.98. The summed E-state index contributed by atoms with van der Waals surface area (Å²) >= 11 is 5.90. The quantitative estimate of drug-likeness (QED) is 0.486. The molecule has 0 radical (unpaired) electrons. The second kappa shape index (κ2) is 7.90. The van der Waals surface area contributed by atoms with Gasteiger partial charge in [0.05, 0.1) is 11.3 Å². The number of ketones is 1. The number of Topliss-reactive ketones (excluding diaryl/α,β-unsaturated/α-hetero) is 1. The van der Waals surface area contributed by atoms with E-state index in [4.69, 9.17) is 11.6 Å². The van der Waals surface area contributed by atoms with Crippen molar-refractivity contribution in [3.8, 4) is 0 Å². The third-order valence-corrected chi connectivity index (χ3v) is 4.67. The normalized spacial score (nSPS) is 19.1. The lowest BCUT2D eigenvalue weighted by Crippen LogP contribution is -2.35. The van der Waals surface area contributed by atoms with Crippen molar-refractivity contribution in [2.75, 3.05) is 27.2 Å². The first-order chi connectivity index (χ1) is 12.9. The summed E-state index contributed by atoms with van der Waals surface area (Å²) in [4.78, 5) is 33.1. The third kappa shape index (κ3) is 3.86. The number of aliphatic hydroxyl groups excluding tert-OH is 1. The van der Waals surface area contributed by atoms with Gasteiger partial charge >= 0.3 is 0 Å². The lowest BCUT2D eigenvalue weighted by molar-refractivity contribution is -0.140. The van der Waals surface area contributed by atoms with E-state index in [9.17, 15) is 14.7 Å². The number of hydrogen-bond acceptors (Lipinski definition) is 5. The van der Waals surface area contributed by atoms with Crippen LogP contribution in [0.25, 0.3) is 5.76 Å². The van der Waals surface area contributed by atoms with Crippen molar-refractivity contribution in [2.24, 2.45) is 0 Å². The molecule has 1 fully saturated rings. The maximum absolute atomic E-state index is 12.7. The molecule has 1 amide bonds. The highest BCUT2D eigenvalue weighted by molar-refractivity contribution is 6.46. The van der Waals surface area contributed by atoms with Gasteiger partial charge in [-0.15, -0.1) is 0 Å². The van der Waals surface area contributed by atoms with Crippen LogP contribution in [-0.2, 0) is 9.59 Å². The highest BCUT2D eigenvalue weighted by Crippen LogP contribution is 2.38. The predicted octanol–water partition coefficient (Wildman–Crippen LogP) is 2.72. The van der Waals surface area contributed by atoms with E-state index >= 15 is 0 Å². The summed E-state index contributed by atoms with van der Waals surface area (Å²) in [6.07, 6.45) is 1.60. The van der Waals surface area contributed by atoms with E-state index in [0.29, 0.717) is 29.4 Å². The minimum Gasteiger partial charge on any atom is -0.507 e. The van der Waals surface area contributed by atoms with Gasteiger partial charge in [0, 0.05) is 29.9 Å². The van der Waals surface area contributed by atoms with Crippen LogP contribution in [0.15, 0.2) is 54.2 Å². The Hall–Kier alpha value is -2.70. The van der Waals surface area contributed by atoms with Crippen molar-refractivity contribution in [1.82, 2.24) is 14.8 Å². The Morgan fingerprint density at radius 2 is 1.89 bits per heavy atom. The number of nitrogens with zero attached hydrogens (tertiary/aromatic N) is 3. The van der Waals surface area contributed by atoms with Crippen molar-refractivity contribution in [3.63, 3.8) is 0 Å². The summed E-state index contributed by atoms with van der Waals surface area (Å²) in [7, 11) is 3.78. The Labute approximate surface area is 162 Å². The summed E-state index contributed by atoms with van der Waals surface area (Å²) in [5, 5.41) is 11.3. The third-order valence-electron chi connectivity index (χ3n) is 4.41. The molecular formula is C20H20ClN3O3. The number of amides is 1. The number of carbonyl (C=O) groups is 2. The van der Waals surface area contributed by atoms with E-state index in [1.54, 1.807) is 48.7 Å². The van der Waals surface area contributed by atoms with E-state index in [2.05, 4.69) is 4.98 Å². The van der Waals surface area contributed by atoms with Crippen LogP contribution in [0.1, 0.15) is 17.3 Å². The number of rotatable bonds is 5. The van der Waals surface area contributed by atoms with Crippen LogP contribution < -0.4 is 0 Å². The van der Waals surface area contributed by atoms with Gasteiger partial charge in [-0.3, -0.25) is 14.6 Å². The SMILES string of the molecule is CN(C)CCN1C(=O)C(=O)/C(=C(/O)c2ccc(Cl)cc2)[C@H]1c1ccccn1. The summed E-state index contributed by atoms with van der Waals surface area (Å²) in [5.74, 6) is -1.58. The standard InChI is InChI=1S/C20H20ClN3O3/c1-23(2)11-12-24-17(15-5-3-4-10-22-15)16(19(26)20(24)27)18(25)13-6-8-14(21)9-7-13/h3-10,17,25H,11-12H2,1-2H3/b18-16+/t17-/m1/s1. The highest BCUT2D eigenvalue weighted by Gasteiger charge is 2.46. The van der Waals surface area contributed by atoms with Gasteiger partial charge in [0.25, 0.3) is 11.7 Å². The zero-order chi connectivity index (χ0) is 19.6. The van der Waals surface area contributed by atoms with Crippen molar-refractivity contribution in [1.29, 1.82) is 0 Å². The molecule has 7 heteroatoms. The summed E-state index contributed by atoms with van der Waals surface area (Å²) in [6, 6.07) is 11.0. The van der Waals surface area contributed by atoms with Crippen LogP contribution >= 0.6 is 11.6 Å². The van der Waals surface area contributed by atoms with Gasteiger partial charge in [-0.1, -0.05) is 17.7 Å². The molecule has 1 atom stereocenters. The molecule has 0 unspecified atom stereocenters. The van der Waals surface area contributed by atoms with E-state index in [0.717, 1.165) is 0 Å². The fourth-order valence-corrected chi connectivity index (χ4v) is 3.15. The molecule has 1 N–H and O–H groups in total. The first kappa shape index (κ1) is 19.1. The molecule has 2 aromatic rings. The van der Waals surface area contributed by atoms with Crippen LogP contribution in [0.3, 0.4) is 0 Å². The molecule has 0 saturated carbocycles. The van der Waals surface area contributed by atoms with Crippen molar-refractivity contribution in [3.05, 3.63) is 70.5 Å². The lowest BCUT2D eigenvalue weighted by Gasteiger charge is -2.25. The fraction of sp³-hybridized carbons (Fsp3) is 0.250. The van der Waals surface area contributed by atoms with Crippen molar-refractivity contribution < 1.29 is 14.7 Å². The Balaban J connectivity index is 2.12. The molecule has 1 aliphatic rings. The molecular weight excluding hydrogens is 366 g/mol. The van der Waals surface area contributed by atoms with Gasteiger partial charge in [-0.05, 0) is 50.5 Å². The monoisotopic (exact) mass is 385 g/mol. The zero-order valence-corrected chi connectivity index (χ0v) is 15.8. The molecule has 2 heterocycles. The fourth-order valence-electron chi connectivity index (χ4n) is 3.03. The summed E-state index contributed by atoms with van der Waals surface area (Å²) < 4.78 is 0. The Kier molecular flexibility index (Phi) is 5.58. The van der Waals surface area contributed by atoms with E-state index < -0.39 is 17.7 Å². The minimum atomic E-state index is -0.734. The average Bonchev–Trinajstić information content (AvgIpc) is 2.91. The van der Waals surface area contributed by atoms with Crippen molar-refractivity contribution in [2.45, 2.75) is 6.04 Å². The topological polar surface area (TPSA) is 73.7 Å². The van der Waals surface area contributed by atoms with Gasteiger partial charge in [-0.2, -0.15) is 0 Å². The molecule has 0 spiro atoms. The minimum absolute atomic E-state index is 0.0415. The Morgan fingerprint density at radius 3 is 2.48 bits per heavy atom. The number of aliphatic hydroxyl groups is 1. The van der Waals surface area contributed by atoms with Gasteiger partial charge in [0.1, 0.15) is 11.8 Å². The molecule has 1 aromatic heterocycles. The molecule has 1 saturated heterocycles. The Morgan fingerprint density at radius 1 is 1.19 bits per heavy atom. The summed E-state index contributed by atoms with van der Waals surface area (Å²) in [6.45, 7) is 0.924. The molecule has 27 heavy (non-hydrogen) atoms. The number of halogens is 1. The molecule has 0 bridgehead atoms. The van der Waals surface area contributed by atoms with E-state index in [1.807, 2.05) is 19.0 Å². The number of likely N-dealkylation sites (N-methyl/N-ethyl adjacent to an activating group) is 1. The number of hydrogen-bond donors (Lipinski definition) is 1. The van der Waals surface area contributed by atoms with Crippen LogP contribution in [-0.4, -0.2) is 58.8 Å². The molecule has 1 aliphatic heterocycles. The average molecular weight is 386 g/mol.